The Labute approximate surface area is 159 Å². The van der Waals surface area contributed by atoms with Gasteiger partial charge in [0.25, 0.3) is 5.91 Å². The maximum Gasteiger partial charge on any atom is 0.253 e. The second-order valence-corrected chi connectivity index (χ2v) is 8.77. The molecule has 1 unspecified atom stereocenters. The lowest BCUT2D eigenvalue weighted by Crippen LogP contribution is -2.40. The van der Waals surface area contributed by atoms with Crippen molar-refractivity contribution >= 4 is 21.6 Å². The minimum atomic E-state index is -3.67. The van der Waals surface area contributed by atoms with E-state index >= 15 is 0 Å². The molecule has 1 aromatic carbocycles. The SMILES string of the molecule is CC(C)Oc1ccc(S(=O)(=O)N2CCOCC2)cc1NC(=O)C1CCCO1. The van der Waals surface area contributed by atoms with Gasteiger partial charge in [-0.2, -0.15) is 4.31 Å². The van der Waals surface area contributed by atoms with Crippen molar-refractivity contribution in [3.63, 3.8) is 0 Å². The van der Waals surface area contributed by atoms with Crippen LogP contribution in [0, 0.1) is 0 Å². The van der Waals surface area contributed by atoms with Crippen LogP contribution in [0.2, 0.25) is 0 Å². The molecular formula is C18H26N2O6S. The van der Waals surface area contributed by atoms with E-state index in [1.54, 1.807) is 6.07 Å². The Morgan fingerprint density at radius 2 is 2.00 bits per heavy atom. The monoisotopic (exact) mass is 398 g/mol. The molecule has 2 aliphatic heterocycles. The molecule has 0 aliphatic carbocycles. The van der Waals surface area contributed by atoms with Gasteiger partial charge in [-0.3, -0.25) is 4.79 Å². The van der Waals surface area contributed by atoms with Crippen LogP contribution in [0.25, 0.3) is 0 Å². The second kappa shape index (κ2) is 8.55. The van der Waals surface area contributed by atoms with E-state index < -0.39 is 16.1 Å². The Morgan fingerprint density at radius 3 is 2.63 bits per heavy atom. The third-order valence-electron chi connectivity index (χ3n) is 4.40. The molecule has 1 atom stereocenters. The average Bonchev–Trinajstić information content (AvgIpc) is 3.18. The first-order chi connectivity index (χ1) is 12.9. The zero-order valence-electron chi connectivity index (χ0n) is 15.6. The Kier molecular flexibility index (Phi) is 6.36. The highest BCUT2D eigenvalue weighted by atomic mass is 32.2. The molecule has 150 valence electrons. The molecule has 1 amide bonds. The largest absolute Gasteiger partial charge is 0.489 e. The summed E-state index contributed by atoms with van der Waals surface area (Å²) in [7, 11) is -3.67. The molecule has 8 nitrogen and oxygen atoms in total. The van der Waals surface area contributed by atoms with Crippen LogP contribution < -0.4 is 10.1 Å². The number of rotatable bonds is 6. The Morgan fingerprint density at radius 1 is 1.26 bits per heavy atom. The van der Waals surface area contributed by atoms with Crippen LogP contribution in [0.4, 0.5) is 5.69 Å². The predicted molar refractivity (Wildman–Crippen MR) is 99.4 cm³/mol. The van der Waals surface area contributed by atoms with Gasteiger partial charge in [-0.05, 0) is 44.9 Å². The van der Waals surface area contributed by atoms with Gasteiger partial charge in [-0.25, -0.2) is 8.42 Å². The van der Waals surface area contributed by atoms with Crippen molar-refractivity contribution in [1.82, 2.24) is 4.31 Å². The van der Waals surface area contributed by atoms with Gasteiger partial charge in [0.1, 0.15) is 11.9 Å². The van der Waals surface area contributed by atoms with Gasteiger partial charge in [0.15, 0.2) is 0 Å². The molecule has 0 spiro atoms. The summed E-state index contributed by atoms with van der Waals surface area (Å²) in [5.41, 5.74) is 0.332. The van der Waals surface area contributed by atoms with Gasteiger partial charge in [0.05, 0.1) is 29.9 Å². The molecule has 1 N–H and O–H groups in total. The fourth-order valence-electron chi connectivity index (χ4n) is 3.06. The number of nitrogens with zero attached hydrogens (tertiary/aromatic N) is 1. The number of nitrogens with one attached hydrogen (secondary N) is 1. The summed E-state index contributed by atoms with van der Waals surface area (Å²) < 4.78 is 43.6. The maximum absolute atomic E-state index is 12.9. The molecule has 3 rings (SSSR count). The van der Waals surface area contributed by atoms with Crippen LogP contribution in [0.5, 0.6) is 5.75 Å². The minimum absolute atomic E-state index is 0.114. The number of morpholine rings is 1. The number of ether oxygens (including phenoxy) is 3. The fraction of sp³-hybridized carbons (Fsp3) is 0.611. The number of hydrogen-bond donors (Lipinski definition) is 1. The molecule has 27 heavy (non-hydrogen) atoms. The number of amides is 1. The average molecular weight is 398 g/mol. The lowest BCUT2D eigenvalue weighted by molar-refractivity contribution is -0.124. The third-order valence-corrected chi connectivity index (χ3v) is 6.30. The van der Waals surface area contributed by atoms with E-state index in [1.807, 2.05) is 13.8 Å². The molecule has 2 heterocycles. The van der Waals surface area contributed by atoms with Gasteiger partial charge in [-0.1, -0.05) is 0 Å². The molecule has 9 heteroatoms. The fourth-order valence-corrected chi connectivity index (χ4v) is 4.49. The van der Waals surface area contributed by atoms with Crippen molar-refractivity contribution < 1.29 is 27.4 Å². The molecule has 0 aromatic heterocycles. The summed E-state index contributed by atoms with van der Waals surface area (Å²) in [6, 6.07) is 4.54. The third kappa shape index (κ3) is 4.78. The number of sulfonamides is 1. The highest BCUT2D eigenvalue weighted by Gasteiger charge is 2.29. The summed E-state index contributed by atoms with van der Waals surface area (Å²) in [5.74, 6) is 0.138. The van der Waals surface area contributed by atoms with Gasteiger partial charge in [0.2, 0.25) is 10.0 Å². The molecule has 0 saturated carbocycles. The van der Waals surface area contributed by atoms with Gasteiger partial charge >= 0.3 is 0 Å². The summed E-state index contributed by atoms with van der Waals surface area (Å²) in [4.78, 5) is 12.6. The molecule has 2 fully saturated rings. The van der Waals surface area contributed by atoms with Gasteiger partial charge in [0, 0.05) is 19.7 Å². The highest BCUT2D eigenvalue weighted by molar-refractivity contribution is 7.89. The van der Waals surface area contributed by atoms with E-state index in [-0.39, 0.29) is 16.9 Å². The first-order valence-electron chi connectivity index (χ1n) is 9.19. The Bertz CT molecular complexity index is 768. The van der Waals surface area contributed by atoms with Gasteiger partial charge in [-0.15, -0.1) is 0 Å². The van der Waals surface area contributed by atoms with E-state index in [9.17, 15) is 13.2 Å². The summed E-state index contributed by atoms with van der Waals surface area (Å²) in [5, 5.41) is 2.78. The zero-order valence-corrected chi connectivity index (χ0v) is 16.5. The highest BCUT2D eigenvalue weighted by Crippen LogP contribution is 2.31. The van der Waals surface area contributed by atoms with E-state index in [4.69, 9.17) is 14.2 Å². The standard InChI is InChI=1S/C18H26N2O6S/c1-13(2)26-16-6-5-14(27(22,23)20-7-10-24-11-8-20)12-15(16)19-18(21)17-4-3-9-25-17/h5-6,12-13,17H,3-4,7-11H2,1-2H3,(H,19,21). The molecule has 2 saturated heterocycles. The van der Waals surface area contributed by atoms with E-state index in [1.165, 1.54) is 16.4 Å². The van der Waals surface area contributed by atoms with Crippen molar-refractivity contribution in [2.24, 2.45) is 0 Å². The summed E-state index contributed by atoms with van der Waals surface area (Å²) in [6.45, 7) is 5.65. The topological polar surface area (TPSA) is 94.2 Å². The number of hydrogen-bond acceptors (Lipinski definition) is 6. The molecule has 1 aromatic rings. The molecule has 2 aliphatic rings. The number of carbonyl (C=O) groups is 1. The van der Waals surface area contributed by atoms with Crippen LogP contribution in [0.1, 0.15) is 26.7 Å². The van der Waals surface area contributed by atoms with E-state index in [2.05, 4.69) is 5.32 Å². The van der Waals surface area contributed by atoms with E-state index in [0.29, 0.717) is 50.8 Å². The first-order valence-corrected chi connectivity index (χ1v) is 10.6. The number of benzene rings is 1. The van der Waals surface area contributed by atoms with Crippen LogP contribution in [0.15, 0.2) is 23.1 Å². The lowest BCUT2D eigenvalue weighted by Gasteiger charge is -2.26. The van der Waals surface area contributed by atoms with Crippen molar-refractivity contribution in [2.75, 3.05) is 38.2 Å². The van der Waals surface area contributed by atoms with Crippen molar-refractivity contribution in [2.45, 2.75) is 43.8 Å². The lowest BCUT2D eigenvalue weighted by atomic mass is 10.2. The quantitative estimate of drug-likeness (QED) is 0.782. The van der Waals surface area contributed by atoms with Crippen LogP contribution in [-0.2, 0) is 24.3 Å². The van der Waals surface area contributed by atoms with Crippen molar-refractivity contribution in [1.29, 1.82) is 0 Å². The summed E-state index contributed by atoms with van der Waals surface area (Å²) in [6.07, 6.45) is 0.845. The van der Waals surface area contributed by atoms with Gasteiger partial charge < -0.3 is 19.5 Å². The second-order valence-electron chi connectivity index (χ2n) is 6.83. The minimum Gasteiger partial charge on any atom is -0.489 e. The van der Waals surface area contributed by atoms with E-state index in [0.717, 1.165) is 6.42 Å². The predicted octanol–water partition coefficient (Wildman–Crippen LogP) is 1.61. The zero-order chi connectivity index (χ0) is 19.4. The van der Waals surface area contributed by atoms with Crippen molar-refractivity contribution in [3.8, 4) is 5.75 Å². The van der Waals surface area contributed by atoms with Crippen LogP contribution in [-0.4, -0.2) is 63.7 Å². The Balaban J connectivity index is 1.88. The van der Waals surface area contributed by atoms with Crippen LogP contribution >= 0.6 is 0 Å². The number of anilines is 1. The Hall–Kier alpha value is -1.68. The van der Waals surface area contributed by atoms with Crippen LogP contribution in [0.3, 0.4) is 0 Å². The van der Waals surface area contributed by atoms with Crippen molar-refractivity contribution in [3.05, 3.63) is 18.2 Å². The maximum atomic E-state index is 12.9. The normalized spacial score (nSPS) is 21.4. The first kappa shape index (κ1) is 20.1. The number of carbonyl (C=O) groups excluding carboxylic acids is 1. The smallest absolute Gasteiger partial charge is 0.253 e. The summed E-state index contributed by atoms with van der Waals surface area (Å²) >= 11 is 0. The molecule has 0 radical (unpaired) electrons. The molecule has 0 bridgehead atoms. The molecular weight excluding hydrogens is 372 g/mol.